The molecule has 6 heteroatoms. The van der Waals surface area contributed by atoms with Crippen LogP contribution in [0.2, 0.25) is 0 Å². The molecular formula is C11H17N3O3. The van der Waals surface area contributed by atoms with E-state index < -0.39 is 11.5 Å². The van der Waals surface area contributed by atoms with Crippen LogP contribution in [0.4, 0.5) is 5.82 Å². The summed E-state index contributed by atoms with van der Waals surface area (Å²) in [5.74, 6) is -0.0707. The summed E-state index contributed by atoms with van der Waals surface area (Å²) in [5.41, 5.74) is -1.40. The predicted octanol–water partition coefficient (Wildman–Crippen LogP) is 0.632. The Bertz CT molecular complexity index is 479. The van der Waals surface area contributed by atoms with Gasteiger partial charge in [-0.1, -0.05) is 6.92 Å². The van der Waals surface area contributed by atoms with E-state index in [0.717, 1.165) is 0 Å². The van der Waals surface area contributed by atoms with E-state index >= 15 is 0 Å². The van der Waals surface area contributed by atoms with Gasteiger partial charge in [0.25, 0.3) is 5.56 Å². The van der Waals surface area contributed by atoms with E-state index in [-0.39, 0.29) is 5.56 Å². The normalized spacial score (nSPS) is 11.3. The Balaban J connectivity index is 3.21. The molecule has 0 saturated heterocycles. The zero-order valence-electron chi connectivity index (χ0n) is 10.4. The maximum atomic E-state index is 11.4. The summed E-state index contributed by atoms with van der Waals surface area (Å²) < 4.78 is 0. The molecule has 1 aromatic rings. The Morgan fingerprint density at radius 1 is 1.59 bits per heavy atom. The third kappa shape index (κ3) is 2.64. The van der Waals surface area contributed by atoms with E-state index in [1.165, 1.54) is 11.0 Å². The minimum Gasteiger partial charge on any atom is -0.480 e. The molecule has 0 aliphatic rings. The van der Waals surface area contributed by atoms with Crippen LogP contribution in [0.5, 0.6) is 0 Å². The van der Waals surface area contributed by atoms with E-state index in [0.29, 0.717) is 18.1 Å². The summed E-state index contributed by atoms with van der Waals surface area (Å²) in [5, 5.41) is 9.11. The first-order valence-electron chi connectivity index (χ1n) is 5.36. The lowest BCUT2D eigenvalue weighted by Crippen LogP contribution is -2.48. The quantitative estimate of drug-likeness (QED) is 0.804. The molecule has 17 heavy (non-hydrogen) atoms. The van der Waals surface area contributed by atoms with Gasteiger partial charge in [-0.25, -0.2) is 9.78 Å². The minimum absolute atomic E-state index is 0.278. The van der Waals surface area contributed by atoms with Gasteiger partial charge in [-0.2, -0.15) is 0 Å². The maximum absolute atomic E-state index is 11.4. The Hall–Kier alpha value is -1.85. The second kappa shape index (κ2) is 4.57. The predicted molar refractivity (Wildman–Crippen MR) is 64.4 cm³/mol. The van der Waals surface area contributed by atoms with Crippen LogP contribution in [0.1, 0.15) is 26.6 Å². The molecule has 0 atom stereocenters. The van der Waals surface area contributed by atoms with Gasteiger partial charge in [0.15, 0.2) is 0 Å². The molecule has 0 unspecified atom stereocenters. The Labute approximate surface area is 99.3 Å². The van der Waals surface area contributed by atoms with Crippen molar-refractivity contribution in [1.82, 2.24) is 9.97 Å². The van der Waals surface area contributed by atoms with Gasteiger partial charge in [-0.3, -0.25) is 4.79 Å². The van der Waals surface area contributed by atoms with Crippen molar-refractivity contribution in [3.8, 4) is 0 Å². The Morgan fingerprint density at radius 3 is 2.65 bits per heavy atom. The highest BCUT2D eigenvalue weighted by molar-refractivity contribution is 5.81. The van der Waals surface area contributed by atoms with Crippen LogP contribution >= 0.6 is 0 Å². The van der Waals surface area contributed by atoms with Gasteiger partial charge >= 0.3 is 5.97 Å². The van der Waals surface area contributed by atoms with Gasteiger partial charge in [0.05, 0.1) is 0 Å². The van der Waals surface area contributed by atoms with Crippen molar-refractivity contribution in [3.05, 3.63) is 22.2 Å². The first kappa shape index (κ1) is 13.2. The lowest BCUT2D eigenvalue weighted by atomic mass is 10.0. The Kier molecular flexibility index (Phi) is 3.55. The van der Waals surface area contributed by atoms with Crippen LogP contribution in [0, 0.1) is 0 Å². The number of rotatable bonds is 4. The number of nitrogens with one attached hydrogen (secondary N) is 1. The summed E-state index contributed by atoms with van der Waals surface area (Å²) in [6.45, 7) is 4.98. The molecule has 1 heterocycles. The van der Waals surface area contributed by atoms with Crippen molar-refractivity contribution in [1.29, 1.82) is 0 Å². The lowest BCUT2D eigenvalue weighted by Gasteiger charge is -2.32. The number of carbonyl (C=O) groups is 1. The zero-order chi connectivity index (χ0) is 13.2. The zero-order valence-corrected chi connectivity index (χ0v) is 10.4. The number of carboxylic acids is 1. The largest absolute Gasteiger partial charge is 0.480 e. The number of H-pyrrole nitrogens is 1. The number of hydrogen-bond acceptors (Lipinski definition) is 4. The van der Waals surface area contributed by atoms with E-state index in [9.17, 15) is 9.59 Å². The number of aromatic nitrogens is 2. The van der Waals surface area contributed by atoms with Crippen LogP contribution in [0.15, 0.2) is 10.9 Å². The van der Waals surface area contributed by atoms with E-state index in [2.05, 4.69) is 9.97 Å². The topological polar surface area (TPSA) is 86.3 Å². The van der Waals surface area contributed by atoms with Gasteiger partial charge in [0.1, 0.15) is 17.2 Å². The van der Waals surface area contributed by atoms with Crippen molar-refractivity contribution in [2.24, 2.45) is 0 Å². The van der Waals surface area contributed by atoms with E-state index in [4.69, 9.17) is 5.11 Å². The molecule has 0 radical (unpaired) electrons. The summed E-state index contributed by atoms with van der Waals surface area (Å²) in [6.07, 6.45) is 0.588. The van der Waals surface area contributed by atoms with E-state index in [1.807, 2.05) is 6.92 Å². The molecule has 0 aromatic carbocycles. The molecule has 1 rings (SSSR count). The maximum Gasteiger partial charge on any atom is 0.328 e. The number of aromatic amines is 1. The Morgan fingerprint density at radius 2 is 2.18 bits per heavy atom. The first-order chi connectivity index (χ1) is 7.78. The summed E-state index contributed by atoms with van der Waals surface area (Å²) in [4.78, 5) is 30.8. The number of likely N-dealkylation sites (N-methyl/N-ethyl adjacent to an activating group) is 1. The number of aliphatic carboxylic acids is 1. The molecule has 0 saturated carbocycles. The lowest BCUT2D eigenvalue weighted by molar-refractivity contribution is -0.142. The number of carboxylic acid groups (broad SMARTS) is 1. The molecular weight excluding hydrogens is 222 g/mol. The number of hydrogen-bond donors (Lipinski definition) is 2. The van der Waals surface area contributed by atoms with Crippen molar-refractivity contribution in [2.45, 2.75) is 32.7 Å². The van der Waals surface area contributed by atoms with Crippen LogP contribution in [0.25, 0.3) is 0 Å². The average molecular weight is 239 g/mol. The monoisotopic (exact) mass is 239 g/mol. The molecule has 0 fully saturated rings. The molecule has 6 nitrogen and oxygen atoms in total. The SMILES string of the molecule is CCc1nc(N(C)C(C)(C)C(=O)O)cc(=O)[nH]1. The van der Waals surface area contributed by atoms with Crippen LogP contribution in [-0.4, -0.2) is 33.6 Å². The number of nitrogens with zero attached hydrogens (tertiary/aromatic N) is 2. The van der Waals surface area contributed by atoms with Gasteiger partial charge in [0.2, 0.25) is 0 Å². The van der Waals surface area contributed by atoms with Gasteiger partial charge in [-0.05, 0) is 13.8 Å². The van der Waals surface area contributed by atoms with Crippen LogP contribution < -0.4 is 10.5 Å². The highest BCUT2D eigenvalue weighted by atomic mass is 16.4. The highest BCUT2D eigenvalue weighted by Gasteiger charge is 2.33. The molecule has 0 amide bonds. The smallest absolute Gasteiger partial charge is 0.328 e. The highest BCUT2D eigenvalue weighted by Crippen LogP contribution is 2.19. The van der Waals surface area contributed by atoms with Crippen molar-refractivity contribution in [3.63, 3.8) is 0 Å². The van der Waals surface area contributed by atoms with Gasteiger partial charge in [-0.15, -0.1) is 0 Å². The molecule has 0 spiro atoms. The van der Waals surface area contributed by atoms with Crippen LogP contribution in [-0.2, 0) is 11.2 Å². The summed E-state index contributed by atoms with van der Waals surface area (Å²) in [6, 6.07) is 1.30. The van der Waals surface area contributed by atoms with Crippen LogP contribution in [0.3, 0.4) is 0 Å². The summed E-state index contributed by atoms with van der Waals surface area (Å²) >= 11 is 0. The second-order valence-electron chi connectivity index (χ2n) is 4.33. The average Bonchev–Trinajstić information content (AvgIpc) is 2.26. The van der Waals surface area contributed by atoms with Gasteiger partial charge in [0, 0.05) is 19.5 Å². The third-order valence-corrected chi connectivity index (χ3v) is 2.82. The van der Waals surface area contributed by atoms with Gasteiger partial charge < -0.3 is 15.0 Å². The first-order valence-corrected chi connectivity index (χ1v) is 5.36. The third-order valence-electron chi connectivity index (χ3n) is 2.82. The van der Waals surface area contributed by atoms with Crippen molar-refractivity contribution in [2.75, 3.05) is 11.9 Å². The standard InChI is InChI=1S/C11H17N3O3/c1-5-7-12-8(6-9(15)13-7)14(4)11(2,3)10(16)17/h6H,5H2,1-4H3,(H,16,17)(H,12,13,15). The fourth-order valence-electron chi connectivity index (χ4n) is 1.26. The molecule has 94 valence electrons. The fraction of sp³-hybridized carbons (Fsp3) is 0.545. The second-order valence-corrected chi connectivity index (χ2v) is 4.33. The fourth-order valence-corrected chi connectivity index (χ4v) is 1.26. The minimum atomic E-state index is -1.12. The molecule has 1 aromatic heterocycles. The summed E-state index contributed by atoms with van der Waals surface area (Å²) in [7, 11) is 1.61. The molecule has 0 aliphatic heterocycles. The van der Waals surface area contributed by atoms with Crippen molar-refractivity contribution >= 4 is 11.8 Å². The molecule has 2 N–H and O–H groups in total. The molecule has 0 bridgehead atoms. The number of aryl methyl sites for hydroxylation is 1. The van der Waals surface area contributed by atoms with E-state index in [1.54, 1.807) is 20.9 Å². The number of anilines is 1. The molecule has 0 aliphatic carbocycles. The van der Waals surface area contributed by atoms with Crippen molar-refractivity contribution < 1.29 is 9.90 Å².